The summed E-state index contributed by atoms with van der Waals surface area (Å²) in [7, 11) is 1.64. The minimum absolute atomic E-state index is 0.0727. The lowest BCUT2D eigenvalue weighted by Crippen LogP contribution is -2.33. The zero-order valence-corrected chi connectivity index (χ0v) is 21.0. The SMILES string of the molecule is Cc1nc([C@H](C)NC(=O)c2cc(OC(F)F)cc(OC(F)F)c2)n(-c2cc(C(=O)N(C)C(C)C)ncn2)n1. The summed E-state index contributed by atoms with van der Waals surface area (Å²) in [6.07, 6.45) is 1.19. The van der Waals surface area contributed by atoms with Crippen LogP contribution in [0.1, 0.15) is 59.3 Å². The van der Waals surface area contributed by atoms with Crippen LogP contribution in [-0.4, -0.2) is 67.8 Å². The second-order valence-electron chi connectivity index (χ2n) is 8.35. The van der Waals surface area contributed by atoms with Crippen LogP contribution in [0.15, 0.2) is 30.6 Å². The predicted octanol–water partition coefficient (Wildman–Crippen LogP) is 3.54. The first-order chi connectivity index (χ1) is 17.8. The summed E-state index contributed by atoms with van der Waals surface area (Å²) in [6, 6.07) is 3.23. The highest BCUT2D eigenvalue weighted by Gasteiger charge is 2.23. The molecule has 15 heteroatoms. The van der Waals surface area contributed by atoms with E-state index in [1.807, 2.05) is 13.8 Å². The van der Waals surface area contributed by atoms with Gasteiger partial charge in [-0.25, -0.2) is 15.0 Å². The Kier molecular flexibility index (Phi) is 8.80. The van der Waals surface area contributed by atoms with E-state index < -0.39 is 36.7 Å². The lowest BCUT2D eigenvalue weighted by Gasteiger charge is -2.21. The Morgan fingerprint density at radius 3 is 2.13 bits per heavy atom. The highest BCUT2D eigenvalue weighted by atomic mass is 19.3. The van der Waals surface area contributed by atoms with Crippen molar-refractivity contribution in [3.63, 3.8) is 0 Å². The van der Waals surface area contributed by atoms with Crippen molar-refractivity contribution in [2.24, 2.45) is 0 Å². The summed E-state index contributed by atoms with van der Waals surface area (Å²) in [5, 5.41) is 6.89. The molecule has 3 rings (SSSR count). The summed E-state index contributed by atoms with van der Waals surface area (Å²) >= 11 is 0. The number of nitrogens with one attached hydrogen (secondary N) is 1. The molecule has 0 aliphatic rings. The van der Waals surface area contributed by atoms with Crippen LogP contribution in [0.3, 0.4) is 0 Å². The van der Waals surface area contributed by atoms with Crippen LogP contribution >= 0.6 is 0 Å². The third-order valence-corrected chi connectivity index (χ3v) is 5.25. The van der Waals surface area contributed by atoms with Gasteiger partial charge in [-0.05, 0) is 39.8 Å². The number of amides is 2. The van der Waals surface area contributed by atoms with Gasteiger partial charge in [0.2, 0.25) is 0 Å². The van der Waals surface area contributed by atoms with Gasteiger partial charge in [0.05, 0.1) is 6.04 Å². The van der Waals surface area contributed by atoms with E-state index in [0.29, 0.717) is 5.82 Å². The van der Waals surface area contributed by atoms with Crippen LogP contribution in [0, 0.1) is 6.92 Å². The van der Waals surface area contributed by atoms with Crippen LogP contribution in [0.25, 0.3) is 5.82 Å². The molecule has 38 heavy (non-hydrogen) atoms. The number of nitrogens with zero attached hydrogens (tertiary/aromatic N) is 6. The fourth-order valence-electron chi connectivity index (χ4n) is 3.26. The van der Waals surface area contributed by atoms with Gasteiger partial charge in [-0.15, -0.1) is 5.10 Å². The zero-order chi connectivity index (χ0) is 28.1. The molecule has 0 saturated carbocycles. The average Bonchev–Trinajstić information content (AvgIpc) is 3.24. The standard InChI is InChI=1S/C23H25F4N7O4/c1-11(2)33(5)21(36)17-9-18(29-10-28-17)34-19(31-13(4)32-34)12(3)30-20(35)14-6-15(37-22(24)25)8-16(7-14)38-23(26)27/h6-12,22-23H,1-5H3,(H,30,35)/t12-/m0/s1. The smallest absolute Gasteiger partial charge is 0.387 e. The molecule has 0 spiro atoms. The van der Waals surface area contributed by atoms with Gasteiger partial charge in [-0.2, -0.15) is 22.2 Å². The number of hydrogen-bond acceptors (Lipinski definition) is 8. The van der Waals surface area contributed by atoms with Crippen molar-refractivity contribution in [3.05, 3.63) is 53.5 Å². The van der Waals surface area contributed by atoms with Crippen LogP contribution in [-0.2, 0) is 0 Å². The molecule has 1 N–H and O–H groups in total. The Balaban J connectivity index is 1.89. The van der Waals surface area contributed by atoms with E-state index in [2.05, 4.69) is 34.8 Å². The van der Waals surface area contributed by atoms with Gasteiger partial charge in [0, 0.05) is 30.8 Å². The van der Waals surface area contributed by atoms with Gasteiger partial charge in [-0.1, -0.05) is 0 Å². The van der Waals surface area contributed by atoms with E-state index >= 15 is 0 Å². The molecule has 1 aromatic carbocycles. The van der Waals surface area contributed by atoms with Crippen LogP contribution in [0.2, 0.25) is 0 Å². The summed E-state index contributed by atoms with van der Waals surface area (Å²) in [5.74, 6) is -1.49. The van der Waals surface area contributed by atoms with Crippen molar-refractivity contribution in [2.75, 3.05) is 7.05 Å². The second kappa shape index (κ2) is 11.8. The number of rotatable bonds is 10. The van der Waals surface area contributed by atoms with Crippen molar-refractivity contribution >= 4 is 11.8 Å². The summed E-state index contributed by atoms with van der Waals surface area (Å²) in [5.41, 5.74) is -0.163. The fraction of sp³-hybridized carbons (Fsp3) is 0.391. The van der Waals surface area contributed by atoms with E-state index in [9.17, 15) is 27.2 Å². The maximum absolute atomic E-state index is 12.9. The molecule has 0 radical (unpaired) electrons. The number of carbonyl (C=O) groups is 2. The normalized spacial score (nSPS) is 12.1. The minimum Gasteiger partial charge on any atom is -0.435 e. The van der Waals surface area contributed by atoms with Crippen LogP contribution in [0.4, 0.5) is 17.6 Å². The van der Waals surface area contributed by atoms with Gasteiger partial charge in [-0.3, -0.25) is 9.59 Å². The highest BCUT2D eigenvalue weighted by molar-refractivity contribution is 5.95. The van der Waals surface area contributed by atoms with Gasteiger partial charge >= 0.3 is 13.2 Å². The molecule has 204 valence electrons. The number of halogens is 4. The van der Waals surface area contributed by atoms with Crippen molar-refractivity contribution in [2.45, 2.75) is 53.0 Å². The summed E-state index contributed by atoms with van der Waals surface area (Å²) in [6.45, 7) is 0.361. The van der Waals surface area contributed by atoms with E-state index in [1.165, 1.54) is 22.0 Å². The highest BCUT2D eigenvalue weighted by Crippen LogP contribution is 2.26. The number of carbonyl (C=O) groups excluding carboxylic acids is 2. The van der Waals surface area contributed by atoms with Crippen molar-refractivity contribution in [3.8, 4) is 17.3 Å². The number of aryl methyl sites for hydroxylation is 1. The number of alkyl halides is 4. The number of hydrogen-bond donors (Lipinski definition) is 1. The summed E-state index contributed by atoms with van der Waals surface area (Å²) in [4.78, 5) is 39.6. The number of benzene rings is 1. The molecular weight excluding hydrogens is 514 g/mol. The molecular formula is C23H25F4N7O4. The Labute approximate surface area is 214 Å². The largest absolute Gasteiger partial charge is 0.435 e. The van der Waals surface area contributed by atoms with Gasteiger partial charge in [0.15, 0.2) is 11.6 Å². The van der Waals surface area contributed by atoms with Crippen LogP contribution < -0.4 is 14.8 Å². The molecule has 2 heterocycles. The molecule has 0 fully saturated rings. The van der Waals surface area contributed by atoms with Crippen molar-refractivity contribution in [1.82, 2.24) is 34.9 Å². The Bertz CT molecular complexity index is 1270. The summed E-state index contributed by atoms with van der Waals surface area (Å²) < 4.78 is 60.6. The molecule has 2 amide bonds. The molecule has 0 unspecified atom stereocenters. The zero-order valence-electron chi connectivity index (χ0n) is 21.0. The quantitative estimate of drug-likeness (QED) is 0.388. The third-order valence-electron chi connectivity index (χ3n) is 5.25. The topological polar surface area (TPSA) is 124 Å². The van der Waals surface area contributed by atoms with E-state index in [4.69, 9.17) is 0 Å². The second-order valence-corrected chi connectivity index (χ2v) is 8.35. The van der Waals surface area contributed by atoms with Crippen molar-refractivity contribution < 1.29 is 36.6 Å². The molecule has 0 aliphatic heterocycles. The lowest BCUT2D eigenvalue weighted by molar-refractivity contribution is -0.0543. The monoisotopic (exact) mass is 539 g/mol. The molecule has 11 nitrogen and oxygen atoms in total. The minimum atomic E-state index is -3.25. The first kappa shape index (κ1) is 28.3. The van der Waals surface area contributed by atoms with Crippen LogP contribution in [0.5, 0.6) is 11.5 Å². The predicted molar refractivity (Wildman–Crippen MR) is 125 cm³/mol. The van der Waals surface area contributed by atoms with Gasteiger partial charge < -0.3 is 19.7 Å². The Morgan fingerprint density at radius 2 is 1.58 bits per heavy atom. The number of aromatic nitrogens is 5. The van der Waals surface area contributed by atoms with Crippen molar-refractivity contribution in [1.29, 1.82) is 0 Å². The molecule has 0 bridgehead atoms. The molecule has 1 atom stereocenters. The Hall–Kier alpha value is -4.30. The maximum Gasteiger partial charge on any atom is 0.387 e. The maximum atomic E-state index is 12.9. The Morgan fingerprint density at radius 1 is 0.974 bits per heavy atom. The first-order valence-electron chi connectivity index (χ1n) is 11.2. The van der Waals surface area contributed by atoms with E-state index in [1.54, 1.807) is 20.9 Å². The third kappa shape index (κ3) is 6.92. The molecule has 0 saturated heterocycles. The van der Waals surface area contributed by atoms with E-state index in [-0.39, 0.29) is 34.8 Å². The van der Waals surface area contributed by atoms with E-state index in [0.717, 1.165) is 18.2 Å². The molecule has 2 aromatic heterocycles. The fourth-order valence-corrected chi connectivity index (χ4v) is 3.26. The molecule has 3 aromatic rings. The lowest BCUT2D eigenvalue weighted by atomic mass is 10.1. The number of ether oxygens (including phenoxy) is 2. The molecule has 0 aliphatic carbocycles. The average molecular weight is 539 g/mol. The van der Waals surface area contributed by atoms with Gasteiger partial charge in [0.25, 0.3) is 11.8 Å². The first-order valence-corrected chi connectivity index (χ1v) is 11.2. The van der Waals surface area contributed by atoms with Gasteiger partial charge in [0.1, 0.15) is 29.3 Å².